The third-order valence-electron chi connectivity index (χ3n) is 2.20. The molecule has 1 nitrogen and oxygen atoms in total. The SMILES string of the molecule is C=Cc1cn(C)c2ccc(Cl)cc12. The summed E-state index contributed by atoms with van der Waals surface area (Å²) in [5.41, 5.74) is 2.30. The molecular formula is C11H10ClN. The average Bonchev–Trinajstić information content (AvgIpc) is 2.42. The molecule has 0 unspecified atom stereocenters. The van der Waals surface area contributed by atoms with Crippen molar-refractivity contribution in [3.05, 3.63) is 41.6 Å². The fourth-order valence-corrected chi connectivity index (χ4v) is 1.73. The maximum absolute atomic E-state index is 5.91. The van der Waals surface area contributed by atoms with Gasteiger partial charge in [0, 0.05) is 29.2 Å². The van der Waals surface area contributed by atoms with E-state index in [0.717, 1.165) is 16.0 Å². The Morgan fingerprint density at radius 2 is 2.23 bits per heavy atom. The zero-order valence-electron chi connectivity index (χ0n) is 7.42. The Balaban J connectivity index is 2.89. The molecule has 0 amide bonds. The van der Waals surface area contributed by atoms with Crippen molar-refractivity contribution in [2.75, 3.05) is 0 Å². The molecule has 0 atom stereocenters. The summed E-state index contributed by atoms with van der Waals surface area (Å²) in [5.74, 6) is 0. The molecule has 13 heavy (non-hydrogen) atoms. The van der Waals surface area contributed by atoms with E-state index in [0.29, 0.717) is 0 Å². The number of benzene rings is 1. The first kappa shape index (κ1) is 8.39. The Kier molecular flexibility index (Phi) is 1.89. The second-order valence-corrected chi connectivity index (χ2v) is 3.50. The van der Waals surface area contributed by atoms with Gasteiger partial charge >= 0.3 is 0 Å². The van der Waals surface area contributed by atoms with Gasteiger partial charge in [0.15, 0.2) is 0 Å². The molecular weight excluding hydrogens is 182 g/mol. The van der Waals surface area contributed by atoms with E-state index in [4.69, 9.17) is 11.6 Å². The van der Waals surface area contributed by atoms with Crippen molar-refractivity contribution < 1.29 is 0 Å². The van der Waals surface area contributed by atoms with E-state index in [1.54, 1.807) is 0 Å². The molecule has 0 radical (unpaired) electrons. The first-order valence-electron chi connectivity index (χ1n) is 4.09. The van der Waals surface area contributed by atoms with Crippen LogP contribution in [0, 0.1) is 0 Å². The van der Waals surface area contributed by atoms with Gasteiger partial charge in [-0.2, -0.15) is 0 Å². The maximum atomic E-state index is 5.91. The number of hydrogen-bond acceptors (Lipinski definition) is 0. The summed E-state index contributed by atoms with van der Waals surface area (Å²) in [5, 5.41) is 1.92. The van der Waals surface area contributed by atoms with E-state index < -0.39 is 0 Å². The van der Waals surface area contributed by atoms with Crippen molar-refractivity contribution in [3.63, 3.8) is 0 Å². The Hall–Kier alpha value is -1.21. The summed E-state index contributed by atoms with van der Waals surface area (Å²) in [6.07, 6.45) is 3.90. The van der Waals surface area contributed by atoms with E-state index in [1.807, 2.05) is 37.5 Å². The number of hydrogen-bond donors (Lipinski definition) is 0. The second kappa shape index (κ2) is 2.93. The van der Waals surface area contributed by atoms with Crippen molar-refractivity contribution >= 4 is 28.6 Å². The van der Waals surface area contributed by atoms with Gasteiger partial charge in [-0.05, 0) is 23.8 Å². The lowest BCUT2D eigenvalue weighted by Crippen LogP contribution is -1.82. The molecule has 0 bridgehead atoms. The first-order chi connectivity index (χ1) is 6.22. The van der Waals surface area contributed by atoms with Crippen LogP contribution in [0.15, 0.2) is 31.0 Å². The zero-order chi connectivity index (χ0) is 9.42. The minimum Gasteiger partial charge on any atom is -0.350 e. The predicted molar refractivity (Wildman–Crippen MR) is 58.0 cm³/mol. The monoisotopic (exact) mass is 191 g/mol. The van der Waals surface area contributed by atoms with Crippen molar-refractivity contribution in [1.29, 1.82) is 0 Å². The van der Waals surface area contributed by atoms with Crippen LogP contribution in [0.5, 0.6) is 0 Å². The Labute approximate surface area is 82.2 Å². The predicted octanol–water partition coefficient (Wildman–Crippen LogP) is 3.47. The van der Waals surface area contributed by atoms with Crippen LogP contribution in [0.4, 0.5) is 0 Å². The highest BCUT2D eigenvalue weighted by atomic mass is 35.5. The Bertz CT molecular complexity index is 468. The van der Waals surface area contributed by atoms with Crippen molar-refractivity contribution in [2.45, 2.75) is 0 Å². The van der Waals surface area contributed by atoms with E-state index in [1.165, 1.54) is 5.52 Å². The molecule has 0 aliphatic heterocycles. The van der Waals surface area contributed by atoms with Gasteiger partial charge in [-0.1, -0.05) is 24.3 Å². The average molecular weight is 192 g/mol. The largest absolute Gasteiger partial charge is 0.350 e. The molecule has 2 rings (SSSR count). The van der Waals surface area contributed by atoms with Crippen LogP contribution in [0.25, 0.3) is 17.0 Å². The second-order valence-electron chi connectivity index (χ2n) is 3.06. The molecule has 66 valence electrons. The molecule has 0 aliphatic rings. The normalized spacial score (nSPS) is 10.6. The minimum atomic E-state index is 0.766. The zero-order valence-corrected chi connectivity index (χ0v) is 8.17. The molecule has 2 aromatic rings. The Morgan fingerprint density at radius 3 is 2.92 bits per heavy atom. The standard InChI is InChI=1S/C11H10ClN/c1-3-8-7-13(2)11-5-4-9(12)6-10(8)11/h3-7H,1H2,2H3. The van der Waals surface area contributed by atoms with Crippen LogP contribution in [0.3, 0.4) is 0 Å². The number of halogens is 1. The molecule has 0 fully saturated rings. The summed E-state index contributed by atoms with van der Waals surface area (Å²) in [7, 11) is 2.02. The molecule has 1 aromatic carbocycles. The summed E-state index contributed by atoms with van der Waals surface area (Å²) < 4.78 is 2.07. The summed E-state index contributed by atoms with van der Waals surface area (Å²) in [4.78, 5) is 0. The maximum Gasteiger partial charge on any atom is 0.0484 e. The van der Waals surface area contributed by atoms with Crippen LogP contribution in [0.1, 0.15) is 5.56 Å². The molecule has 0 saturated carbocycles. The highest BCUT2D eigenvalue weighted by molar-refractivity contribution is 6.31. The smallest absolute Gasteiger partial charge is 0.0484 e. The van der Waals surface area contributed by atoms with E-state index in [9.17, 15) is 0 Å². The summed E-state index contributed by atoms with van der Waals surface area (Å²) >= 11 is 5.91. The number of aryl methyl sites for hydroxylation is 1. The molecule has 0 N–H and O–H groups in total. The molecule has 1 aromatic heterocycles. The quantitative estimate of drug-likeness (QED) is 0.651. The topological polar surface area (TPSA) is 4.93 Å². The van der Waals surface area contributed by atoms with Crippen molar-refractivity contribution in [2.24, 2.45) is 7.05 Å². The Morgan fingerprint density at radius 1 is 1.46 bits per heavy atom. The number of aromatic nitrogens is 1. The van der Waals surface area contributed by atoms with Crippen LogP contribution in [-0.2, 0) is 7.05 Å². The van der Waals surface area contributed by atoms with Crippen molar-refractivity contribution in [1.82, 2.24) is 4.57 Å². The lowest BCUT2D eigenvalue weighted by atomic mass is 10.2. The molecule has 1 heterocycles. The van der Waals surface area contributed by atoms with E-state index in [2.05, 4.69) is 11.1 Å². The minimum absolute atomic E-state index is 0.766. The van der Waals surface area contributed by atoms with Crippen molar-refractivity contribution in [3.8, 4) is 0 Å². The fraction of sp³-hybridized carbons (Fsp3) is 0.0909. The summed E-state index contributed by atoms with van der Waals surface area (Å²) in [6.45, 7) is 3.77. The number of fused-ring (bicyclic) bond motifs is 1. The van der Waals surface area contributed by atoms with Gasteiger partial charge in [-0.25, -0.2) is 0 Å². The highest BCUT2D eigenvalue weighted by Gasteiger charge is 2.03. The molecule has 0 saturated heterocycles. The molecule has 2 heteroatoms. The van der Waals surface area contributed by atoms with Gasteiger partial charge in [0.2, 0.25) is 0 Å². The van der Waals surface area contributed by atoms with Crippen LogP contribution in [0.2, 0.25) is 5.02 Å². The van der Waals surface area contributed by atoms with Crippen LogP contribution < -0.4 is 0 Å². The number of rotatable bonds is 1. The van der Waals surface area contributed by atoms with Gasteiger partial charge < -0.3 is 4.57 Å². The third kappa shape index (κ3) is 1.25. The summed E-state index contributed by atoms with van der Waals surface area (Å²) in [6, 6.07) is 5.88. The fourth-order valence-electron chi connectivity index (χ4n) is 1.56. The molecule has 0 spiro atoms. The third-order valence-corrected chi connectivity index (χ3v) is 2.44. The van der Waals surface area contributed by atoms with Gasteiger partial charge in [0.05, 0.1) is 0 Å². The van der Waals surface area contributed by atoms with Gasteiger partial charge in [0.1, 0.15) is 0 Å². The van der Waals surface area contributed by atoms with Crippen LogP contribution >= 0.6 is 11.6 Å². The van der Waals surface area contributed by atoms with Gasteiger partial charge in [-0.15, -0.1) is 0 Å². The lowest BCUT2D eigenvalue weighted by Gasteiger charge is -1.95. The highest BCUT2D eigenvalue weighted by Crippen LogP contribution is 2.24. The van der Waals surface area contributed by atoms with Crippen LogP contribution in [-0.4, -0.2) is 4.57 Å². The lowest BCUT2D eigenvalue weighted by molar-refractivity contribution is 0.968. The van der Waals surface area contributed by atoms with E-state index >= 15 is 0 Å². The molecule has 0 aliphatic carbocycles. The van der Waals surface area contributed by atoms with Gasteiger partial charge in [0.25, 0.3) is 0 Å². The van der Waals surface area contributed by atoms with E-state index in [-0.39, 0.29) is 0 Å². The first-order valence-corrected chi connectivity index (χ1v) is 4.47. The van der Waals surface area contributed by atoms with Gasteiger partial charge in [-0.3, -0.25) is 0 Å². The number of nitrogens with zero attached hydrogens (tertiary/aromatic N) is 1.